The number of carbonyl (C=O) groups is 1. The molecular weight excluding hydrogens is 292 g/mol. The van der Waals surface area contributed by atoms with Gasteiger partial charge in [0.25, 0.3) is 0 Å². The first-order valence-electron chi connectivity index (χ1n) is 7.40. The van der Waals surface area contributed by atoms with Crippen molar-refractivity contribution in [2.75, 3.05) is 13.2 Å². The Kier molecular flexibility index (Phi) is 3.74. The topological polar surface area (TPSA) is 55.8 Å². The first-order valence-corrected chi connectivity index (χ1v) is 7.78. The van der Waals surface area contributed by atoms with Crippen molar-refractivity contribution in [3.63, 3.8) is 0 Å². The molecule has 0 amide bonds. The standard InChI is InChI=1S/C16H19ClO4/c1-2-10-14(16(4-5-16)9-13(18)19)11(17)8-12-15(10)21-7-3-6-20-12/h8H,2-7,9H2,1H3,(H,18,19). The van der Waals surface area contributed by atoms with Gasteiger partial charge in [0.05, 0.1) is 19.6 Å². The number of hydrogen-bond acceptors (Lipinski definition) is 3. The van der Waals surface area contributed by atoms with Crippen LogP contribution in [0.3, 0.4) is 0 Å². The van der Waals surface area contributed by atoms with Gasteiger partial charge in [-0.2, -0.15) is 0 Å². The van der Waals surface area contributed by atoms with Gasteiger partial charge in [-0.15, -0.1) is 0 Å². The van der Waals surface area contributed by atoms with Crippen molar-refractivity contribution in [2.45, 2.75) is 44.4 Å². The SMILES string of the molecule is CCc1c2c(cc(Cl)c1C1(CC(=O)O)CC1)OCCCO2. The lowest BCUT2D eigenvalue weighted by atomic mass is 9.86. The lowest BCUT2D eigenvalue weighted by Crippen LogP contribution is -2.16. The molecule has 1 saturated carbocycles. The molecule has 0 aromatic heterocycles. The van der Waals surface area contributed by atoms with Gasteiger partial charge in [-0.25, -0.2) is 0 Å². The van der Waals surface area contributed by atoms with Crippen LogP contribution in [-0.2, 0) is 16.6 Å². The number of benzene rings is 1. The van der Waals surface area contributed by atoms with E-state index in [-0.39, 0.29) is 11.8 Å². The van der Waals surface area contributed by atoms with Crippen LogP contribution < -0.4 is 9.47 Å². The number of carboxylic acid groups (broad SMARTS) is 1. The van der Waals surface area contributed by atoms with E-state index in [1.54, 1.807) is 6.07 Å². The van der Waals surface area contributed by atoms with Crippen LogP contribution in [0.4, 0.5) is 0 Å². The highest BCUT2D eigenvalue weighted by Crippen LogP contribution is 2.57. The monoisotopic (exact) mass is 310 g/mol. The number of hydrogen-bond donors (Lipinski definition) is 1. The fourth-order valence-electron chi connectivity index (χ4n) is 3.21. The third-order valence-corrected chi connectivity index (χ3v) is 4.61. The zero-order chi connectivity index (χ0) is 15.0. The number of aliphatic carboxylic acids is 1. The van der Waals surface area contributed by atoms with Crippen molar-refractivity contribution >= 4 is 17.6 Å². The van der Waals surface area contributed by atoms with E-state index in [0.717, 1.165) is 42.6 Å². The van der Waals surface area contributed by atoms with Gasteiger partial charge < -0.3 is 14.6 Å². The summed E-state index contributed by atoms with van der Waals surface area (Å²) in [6.45, 7) is 3.28. The van der Waals surface area contributed by atoms with Crippen LogP contribution in [0, 0.1) is 0 Å². The summed E-state index contributed by atoms with van der Waals surface area (Å²) in [5.41, 5.74) is 1.65. The molecule has 0 spiro atoms. The van der Waals surface area contributed by atoms with Crippen molar-refractivity contribution in [1.29, 1.82) is 0 Å². The van der Waals surface area contributed by atoms with Gasteiger partial charge in [0.15, 0.2) is 11.5 Å². The maximum Gasteiger partial charge on any atom is 0.304 e. The van der Waals surface area contributed by atoms with Crippen LogP contribution in [0.1, 0.15) is 43.7 Å². The second kappa shape index (κ2) is 5.41. The zero-order valence-electron chi connectivity index (χ0n) is 12.1. The zero-order valence-corrected chi connectivity index (χ0v) is 12.8. The molecule has 1 N–H and O–H groups in total. The molecule has 5 heteroatoms. The summed E-state index contributed by atoms with van der Waals surface area (Å²) in [6.07, 6.45) is 3.45. The highest BCUT2D eigenvalue weighted by atomic mass is 35.5. The van der Waals surface area contributed by atoms with E-state index in [1.807, 2.05) is 6.92 Å². The van der Waals surface area contributed by atoms with Crippen molar-refractivity contribution in [3.8, 4) is 11.5 Å². The Hall–Kier alpha value is -1.42. The summed E-state index contributed by atoms with van der Waals surface area (Å²) in [7, 11) is 0. The van der Waals surface area contributed by atoms with Crippen LogP contribution in [0.15, 0.2) is 6.07 Å². The van der Waals surface area contributed by atoms with E-state index in [0.29, 0.717) is 24.0 Å². The molecule has 0 radical (unpaired) electrons. The second-order valence-corrected chi connectivity index (χ2v) is 6.20. The molecule has 0 bridgehead atoms. The highest BCUT2D eigenvalue weighted by molar-refractivity contribution is 6.32. The minimum absolute atomic E-state index is 0.124. The average molecular weight is 311 g/mol. The van der Waals surface area contributed by atoms with Crippen LogP contribution in [-0.4, -0.2) is 24.3 Å². The van der Waals surface area contributed by atoms with Crippen LogP contribution in [0.25, 0.3) is 0 Å². The first kappa shape index (κ1) is 14.5. The predicted molar refractivity (Wildman–Crippen MR) is 79.6 cm³/mol. The third kappa shape index (κ3) is 2.57. The average Bonchev–Trinajstić information content (AvgIpc) is 3.20. The van der Waals surface area contributed by atoms with Gasteiger partial charge in [0.1, 0.15) is 0 Å². The molecule has 1 aliphatic heterocycles. The minimum atomic E-state index is -0.780. The second-order valence-electron chi connectivity index (χ2n) is 5.79. The number of carboxylic acids is 1. The Morgan fingerprint density at radius 1 is 1.38 bits per heavy atom. The maximum absolute atomic E-state index is 11.2. The summed E-state index contributed by atoms with van der Waals surface area (Å²) < 4.78 is 11.6. The van der Waals surface area contributed by atoms with Crippen molar-refractivity contribution < 1.29 is 19.4 Å². The first-order chi connectivity index (χ1) is 10.1. The minimum Gasteiger partial charge on any atom is -0.489 e. The molecule has 1 fully saturated rings. The van der Waals surface area contributed by atoms with Crippen molar-refractivity contribution in [2.24, 2.45) is 0 Å². The van der Waals surface area contributed by atoms with Crippen molar-refractivity contribution in [3.05, 3.63) is 22.2 Å². The predicted octanol–water partition coefficient (Wildman–Crippen LogP) is 3.57. The molecule has 2 aliphatic rings. The lowest BCUT2D eigenvalue weighted by Gasteiger charge is -2.23. The number of fused-ring (bicyclic) bond motifs is 1. The number of halogens is 1. The van der Waals surface area contributed by atoms with Crippen LogP contribution >= 0.6 is 11.6 Å². The molecule has 114 valence electrons. The van der Waals surface area contributed by atoms with Gasteiger partial charge in [-0.3, -0.25) is 4.79 Å². The van der Waals surface area contributed by atoms with E-state index in [4.69, 9.17) is 21.1 Å². The van der Waals surface area contributed by atoms with E-state index in [9.17, 15) is 9.90 Å². The molecule has 4 nitrogen and oxygen atoms in total. The Morgan fingerprint density at radius 3 is 2.71 bits per heavy atom. The van der Waals surface area contributed by atoms with E-state index >= 15 is 0 Å². The van der Waals surface area contributed by atoms with Crippen molar-refractivity contribution in [1.82, 2.24) is 0 Å². The Balaban J connectivity index is 2.12. The number of ether oxygens (including phenoxy) is 2. The Labute approximate surface area is 129 Å². The lowest BCUT2D eigenvalue weighted by molar-refractivity contribution is -0.137. The quantitative estimate of drug-likeness (QED) is 0.923. The third-order valence-electron chi connectivity index (χ3n) is 4.32. The van der Waals surface area contributed by atoms with E-state index in [2.05, 4.69) is 0 Å². The largest absolute Gasteiger partial charge is 0.489 e. The normalized spacial score (nSPS) is 19.0. The molecule has 0 atom stereocenters. The van der Waals surface area contributed by atoms with Gasteiger partial charge in [-0.1, -0.05) is 18.5 Å². The highest BCUT2D eigenvalue weighted by Gasteiger charge is 2.49. The summed E-state index contributed by atoms with van der Waals surface area (Å²) in [6, 6.07) is 1.79. The smallest absolute Gasteiger partial charge is 0.304 e. The number of rotatable bonds is 4. The fourth-order valence-corrected chi connectivity index (χ4v) is 3.62. The van der Waals surface area contributed by atoms with Gasteiger partial charge in [0.2, 0.25) is 0 Å². The maximum atomic E-state index is 11.2. The molecule has 1 aromatic rings. The van der Waals surface area contributed by atoms with E-state index in [1.165, 1.54) is 0 Å². The molecular formula is C16H19ClO4. The van der Waals surface area contributed by atoms with Gasteiger partial charge >= 0.3 is 5.97 Å². The Morgan fingerprint density at radius 2 is 2.10 bits per heavy atom. The molecule has 21 heavy (non-hydrogen) atoms. The molecule has 1 aliphatic carbocycles. The van der Waals surface area contributed by atoms with Crippen LogP contribution in [0.5, 0.6) is 11.5 Å². The van der Waals surface area contributed by atoms with E-state index < -0.39 is 5.97 Å². The van der Waals surface area contributed by atoms with Gasteiger partial charge in [-0.05, 0) is 24.8 Å². The van der Waals surface area contributed by atoms with Gasteiger partial charge in [0, 0.05) is 28.5 Å². The summed E-state index contributed by atoms with van der Waals surface area (Å²) in [4.78, 5) is 11.2. The molecule has 1 aromatic carbocycles. The molecule has 1 heterocycles. The Bertz CT molecular complexity index is 578. The molecule has 0 unspecified atom stereocenters. The summed E-state index contributed by atoms with van der Waals surface area (Å²) in [5, 5.41) is 9.80. The fraction of sp³-hybridized carbons (Fsp3) is 0.562. The molecule has 0 saturated heterocycles. The molecule has 3 rings (SSSR count). The summed E-state index contributed by atoms with van der Waals surface area (Å²) in [5.74, 6) is 0.660. The summed E-state index contributed by atoms with van der Waals surface area (Å²) >= 11 is 6.48. The van der Waals surface area contributed by atoms with Crippen LogP contribution in [0.2, 0.25) is 5.02 Å².